The number of amidine groups is 1. The monoisotopic (exact) mass is 359 g/mol. The number of nitrogens with zero attached hydrogens (tertiary/aromatic N) is 4. The number of anilines is 1. The Morgan fingerprint density at radius 1 is 1.24 bits per heavy atom. The minimum Gasteiger partial charge on any atom is -0.382 e. The van der Waals surface area contributed by atoms with E-state index in [1.165, 1.54) is 0 Å². The average molecular weight is 359 g/mol. The molecule has 132 valence electrons. The molecule has 0 aliphatic carbocycles. The van der Waals surface area contributed by atoms with Crippen LogP contribution in [0, 0.1) is 0 Å². The molecule has 1 saturated heterocycles. The third-order valence-corrected chi connectivity index (χ3v) is 4.54. The first-order valence-corrected chi connectivity index (χ1v) is 8.69. The number of piperazine rings is 1. The Morgan fingerprint density at radius 2 is 1.96 bits per heavy atom. The summed E-state index contributed by atoms with van der Waals surface area (Å²) in [5.74, 6) is 6.23. The maximum absolute atomic E-state index is 6.05. The van der Waals surface area contributed by atoms with Gasteiger partial charge >= 0.3 is 0 Å². The minimum atomic E-state index is 0.247. The van der Waals surface area contributed by atoms with Crippen molar-refractivity contribution in [2.75, 3.05) is 31.1 Å². The Kier molecular flexibility index (Phi) is 5.66. The number of hydrazone groups is 1. The van der Waals surface area contributed by atoms with Crippen LogP contribution in [-0.4, -0.2) is 42.0 Å². The number of hydrogen-bond acceptors (Lipinski definition) is 9. The van der Waals surface area contributed by atoms with Crippen LogP contribution in [0.3, 0.4) is 0 Å². The molecule has 2 heterocycles. The summed E-state index contributed by atoms with van der Waals surface area (Å²) in [6.07, 6.45) is 3.58. The lowest BCUT2D eigenvalue weighted by molar-refractivity contribution is 0.580. The molecule has 0 amide bonds. The van der Waals surface area contributed by atoms with Crippen molar-refractivity contribution in [1.82, 2.24) is 20.8 Å². The van der Waals surface area contributed by atoms with E-state index in [1.807, 2.05) is 18.2 Å². The first kappa shape index (κ1) is 17.4. The molecule has 0 spiro atoms. The van der Waals surface area contributed by atoms with Crippen molar-refractivity contribution in [3.63, 3.8) is 0 Å². The summed E-state index contributed by atoms with van der Waals surface area (Å²) in [7, 11) is 0. The lowest BCUT2D eigenvalue weighted by Crippen LogP contribution is -2.44. The maximum atomic E-state index is 6.05. The van der Waals surface area contributed by atoms with E-state index < -0.39 is 0 Å². The first-order valence-electron chi connectivity index (χ1n) is 7.81. The van der Waals surface area contributed by atoms with Gasteiger partial charge in [0.05, 0.1) is 0 Å². The second-order valence-electron chi connectivity index (χ2n) is 5.43. The molecule has 0 saturated carbocycles. The topological polar surface area (TPSA) is 144 Å². The van der Waals surface area contributed by atoms with Gasteiger partial charge in [-0.1, -0.05) is 12.1 Å². The molecule has 25 heavy (non-hydrogen) atoms. The summed E-state index contributed by atoms with van der Waals surface area (Å²) in [6.45, 7) is 3.66. The molecule has 1 aliphatic heterocycles. The molecule has 1 aliphatic rings. The van der Waals surface area contributed by atoms with Gasteiger partial charge in [0, 0.05) is 54.6 Å². The van der Waals surface area contributed by atoms with E-state index in [0.29, 0.717) is 5.56 Å². The van der Waals surface area contributed by atoms with Crippen LogP contribution in [0.2, 0.25) is 0 Å². The molecule has 1 fully saturated rings. The fourth-order valence-corrected chi connectivity index (χ4v) is 3.24. The second-order valence-corrected chi connectivity index (χ2v) is 6.11. The Balaban J connectivity index is 1.97. The average Bonchev–Trinajstić information content (AvgIpc) is 2.68. The van der Waals surface area contributed by atoms with Crippen molar-refractivity contribution in [1.29, 1.82) is 0 Å². The molecule has 0 bridgehead atoms. The fourth-order valence-electron chi connectivity index (χ4n) is 2.75. The molecule has 8 N–H and O–H groups in total. The van der Waals surface area contributed by atoms with Crippen LogP contribution in [0.4, 0.5) is 5.95 Å². The quantitative estimate of drug-likeness (QED) is 0.158. The molecule has 0 atom stereocenters. The molecule has 10 heteroatoms. The highest BCUT2D eigenvalue weighted by Crippen LogP contribution is 2.29. The third-order valence-electron chi connectivity index (χ3n) is 3.94. The van der Waals surface area contributed by atoms with Gasteiger partial charge in [0.2, 0.25) is 5.95 Å². The lowest BCUT2D eigenvalue weighted by Gasteiger charge is -2.27. The van der Waals surface area contributed by atoms with Crippen LogP contribution in [0.25, 0.3) is 11.1 Å². The molecule has 2 aromatic rings. The van der Waals surface area contributed by atoms with Crippen LogP contribution in [0.5, 0.6) is 0 Å². The van der Waals surface area contributed by atoms with Crippen molar-refractivity contribution >= 4 is 23.7 Å². The largest absolute Gasteiger partial charge is 0.382 e. The Morgan fingerprint density at radius 3 is 2.60 bits per heavy atom. The molecule has 3 rings (SSSR count). The SMILES string of the molecule is NN/N=C(\N)c1c(SN)cccc1-c1cnc(N2CCNCC2)nc1. The molecule has 9 nitrogen and oxygen atoms in total. The standard InChI is InChI=1S/C15H21N9S/c16-14(22-23-17)13-11(2-1-3-12(13)25-18)10-8-20-15(21-9-10)24-6-4-19-5-7-24/h1-3,8-9,19,23H,4-7,17-18H2,(H2,16,22). The number of nitrogens with two attached hydrogens (primary N) is 3. The number of hydrogen-bond donors (Lipinski definition) is 5. The molecular formula is C15H21N9S. The van der Waals surface area contributed by atoms with E-state index >= 15 is 0 Å². The number of aromatic nitrogens is 2. The third kappa shape index (κ3) is 3.82. The highest BCUT2D eigenvalue weighted by Gasteiger charge is 2.16. The highest BCUT2D eigenvalue weighted by atomic mass is 32.2. The lowest BCUT2D eigenvalue weighted by atomic mass is 10.0. The summed E-state index contributed by atoms with van der Waals surface area (Å²) in [6, 6.07) is 5.71. The van der Waals surface area contributed by atoms with Crippen LogP contribution in [-0.2, 0) is 0 Å². The van der Waals surface area contributed by atoms with Gasteiger partial charge in [-0.2, -0.15) is 0 Å². The zero-order valence-electron chi connectivity index (χ0n) is 13.6. The van der Waals surface area contributed by atoms with E-state index in [0.717, 1.165) is 60.1 Å². The van der Waals surface area contributed by atoms with Gasteiger partial charge in [0.25, 0.3) is 0 Å². The fraction of sp³-hybridized carbons (Fsp3) is 0.267. The summed E-state index contributed by atoms with van der Waals surface area (Å²) in [5.41, 5.74) is 10.6. The van der Waals surface area contributed by atoms with Gasteiger partial charge in [-0.25, -0.2) is 21.3 Å². The van der Waals surface area contributed by atoms with Gasteiger partial charge in [-0.15, -0.1) is 5.10 Å². The van der Waals surface area contributed by atoms with E-state index in [9.17, 15) is 0 Å². The number of rotatable bonds is 5. The van der Waals surface area contributed by atoms with Gasteiger partial charge in [0.15, 0.2) is 5.84 Å². The Labute approximate surface area is 150 Å². The number of hydrazine groups is 1. The van der Waals surface area contributed by atoms with Crippen molar-refractivity contribution in [3.8, 4) is 11.1 Å². The smallest absolute Gasteiger partial charge is 0.225 e. The van der Waals surface area contributed by atoms with Gasteiger partial charge in [-0.05, 0) is 23.6 Å². The van der Waals surface area contributed by atoms with E-state index in [1.54, 1.807) is 12.4 Å². The van der Waals surface area contributed by atoms with E-state index in [-0.39, 0.29) is 5.84 Å². The van der Waals surface area contributed by atoms with Crippen molar-refractivity contribution in [2.24, 2.45) is 21.8 Å². The van der Waals surface area contributed by atoms with Crippen molar-refractivity contribution < 1.29 is 0 Å². The Bertz CT molecular complexity index is 741. The molecule has 0 radical (unpaired) electrons. The highest BCUT2D eigenvalue weighted by molar-refractivity contribution is 7.97. The predicted octanol–water partition coefficient (Wildman–Crippen LogP) is -0.397. The second kappa shape index (κ2) is 8.12. The van der Waals surface area contributed by atoms with Crippen LogP contribution in [0.15, 0.2) is 40.6 Å². The van der Waals surface area contributed by atoms with E-state index in [4.69, 9.17) is 16.7 Å². The summed E-state index contributed by atoms with van der Waals surface area (Å²) in [5, 5.41) is 13.0. The van der Waals surface area contributed by atoms with E-state index in [2.05, 4.69) is 30.8 Å². The molecule has 1 aromatic heterocycles. The number of nitrogens with one attached hydrogen (secondary N) is 2. The zero-order valence-corrected chi connectivity index (χ0v) is 14.5. The minimum absolute atomic E-state index is 0.247. The molecular weight excluding hydrogens is 338 g/mol. The van der Waals surface area contributed by atoms with Crippen molar-refractivity contribution in [3.05, 3.63) is 36.2 Å². The van der Waals surface area contributed by atoms with Crippen LogP contribution < -0.4 is 32.5 Å². The Hall–Kier alpha value is -2.40. The molecule has 0 unspecified atom stereocenters. The summed E-state index contributed by atoms with van der Waals surface area (Å²) >= 11 is 1.10. The number of benzene rings is 1. The summed E-state index contributed by atoms with van der Waals surface area (Å²) in [4.78, 5) is 12.0. The maximum Gasteiger partial charge on any atom is 0.225 e. The molecule has 1 aromatic carbocycles. The summed E-state index contributed by atoms with van der Waals surface area (Å²) < 4.78 is 0. The van der Waals surface area contributed by atoms with Gasteiger partial charge in [0.1, 0.15) is 0 Å². The van der Waals surface area contributed by atoms with Gasteiger partial charge in [-0.3, -0.25) is 5.14 Å². The van der Waals surface area contributed by atoms with Crippen LogP contribution in [0.1, 0.15) is 5.56 Å². The van der Waals surface area contributed by atoms with Crippen molar-refractivity contribution in [2.45, 2.75) is 4.90 Å². The predicted molar refractivity (Wildman–Crippen MR) is 101 cm³/mol. The normalized spacial score (nSPS) is 15.3. The van der Waals surface area contributed by atoms with Gasteiger partial charge < -0.3 is 16.0 Å². The first-order chi connectivity index (χ1) is 12.2. The zero-order chi connectivity index (χ0) is 17.6. The van der Waals surface area contributed by atoms with Crippen LogP contribution >= 0.6 is 11.9 Å².